The zero-order valence-corrected chi connectivity index (χ0v) is 33.9. The van der Waals surface area contributed by atoms with Gasteiger partial charge in [0, 0.05) is 50.0 Å². The van der Waals surface area contributed by atoms with E-state index in [4.69, 9.17) is 47.4 Å². The Morgan fingerprint density at radius 3 is 1.13 bits per heavy atom. The van der Waals surface area contributed by atoms with Crippen LogP contribution in [0.3, 0.4) is 0 Å². The molecule has 0 saturated carbocycles. The van der Waals surface area contributed by atoms with Crippen LogP contribution in [0.25, 0.3) is 0 Å². The molecular formula is C45H48O16. The second-order valence-electron chi connectivity index (χ2n) is 12.3. The Morgan fingerprint density at radius 1 is 0.426 bits per heavy atom. The number of esters is 6. The molecule has 0 heterocycles. The van der Waals surface area contributed by atoms with Gasteiger partial charge in [-0.05, 0) is 67.1 Å². The third kappa shape index (κ3) is 17.6. The summed E-state index contributed by atoms with van der Waals surface area (Å²) in [5.74, 6) is -2.24. The maximum Gasteiger partial charge on any atom is 0.343 e. The van der Waals surface area contributed by atoms with E-state index in [2.05, 4.69) is 26.3 Å². The predicted octanol–water partition coefficient (Wildman–Crippen LogP) is 6.43. The molecule has 61 heavy (non-hydrogen) atoms. The van der Waals surface area contributed by atoms with E-state index in [0.717, 1.165) is 24.3 Å². The highest BCUT2D eigenvalue weighted by Crippen LogP contribution is 2.32. The molecule has 0 aliphatic carbocycles. The molecule has 0 fully saturated rings. The zero-order valence-electron chi connectivity index (χ0n) is 33.9. The molecule has 0 unspecified atom stereocenters. The second-order valence-corrected chi connectivity index (χ2v) is 12.3. The Balaban J connectivity index is 1.68. The summed E-state index contributed by atoms with van der Waals surface area (Å²) in [6, 6.07) is 13.4. The first-order valence-electron chi connectivity index (χ1n) is 19.0. The molecule has 0 saturated heterocycles. The number of rotatable bonds is 28. The van der Waals surface area contributed by atoms with Crippen LogP contribution < -0.4 is 28.4 Å². The SMILES string of the molecule is C=CC(=O)OCCCOc1ccc(C(=O)Oc2ccc(OC(=O)c3ccc(OCCCOC(=O)C=C)c(OCCCOC(=O)C=C)c3)c(C)c2)cc1OCCCOC(=O)C=C. The topological polar surface area (TPSA) is 195 Å². The Morgan fingerprint density at radius 2 is 0.770 bits per heavy atom. The summed E-state index contributed by atoms with van der Waals surface area (Å²) < 4.78 is 54.5. The van der Waals surface area contributed by atoms with Gasteiger partial charge in [0.1, 0.15) is 11.5 Å². The van der Waals surface area contributed by atoms with Gasteiger partial charge in [0.2, 0.25) is 0 Å². The largest absolute Gasteiger partial charge is 0.490 e. The van der Waals surface area contributed by atoms with Crippen molar-refractivity contribution in [2.45, 2.75) is 32.6 Å². The Labute approximate surface area is 353 Å². The second kappa shape index (κ2) is 26.6. The highest BCUT2D eigenvalue weighted by Gasteiger charge is 2.18. The first-order chi connectivity index (χ1) is 29.5. The Kier molecular flexibility index (Phi) is 20.9. The van der Waals surface area contributed by atoms with Crippen LogP contribution in [0.2, 0.25) is 0 Å². The van der Waals surface area contributed by atoms with Crippen molar-refractivity contribution in [3.8, 4) is 34.5 Å². The molecule has 0 bridgehead atoms. The summed E-state index contributed by atoms with van der Waals surface area (Å²) in [6.45, 7) is 16.0. The highest BCUT2D eigenvalue weighted by atomic mass is 16.6. The minimum Gasteiger partial charge on any atom is -0.490 e. The van der Waals surface area contributed by atoms with Gasteiger partial charge in [-0.25, -0.2) is 28.8 Å². The van der Waals surface area contributed by atoms with Crippen LogP contribution >= 0.6 is 0 Å². The molecule has 0 radical (unpaired) electrons. The van der Waals surface area contributed by atoms with Crippen LogP contribution in [0.15, 0.2) is 105 Å². The van der Waals surface area contributed by atoms with Crippen molar-refractivity contribution in [1.82, 2.24) is 0 Å². The molecule has 0 amide bonds. The fourth-order valence-corrected chi connectivity index (χ4v) is 4.75. The molecule has 16 nitrogen and oxygen atoms in total. The minimum atomic E-state index is -0.719. The van der Waals surface area contributed by atoms with Gasteiger partial charge in [-0.2, -0.15) is 0 Å². The van der Waals surface area contributed by atoms with Crippen LogP contribution in [0, 0.1) is 6.92 Å². The van der Waals surface area contributed by atoms with E-state index >= 15 is 0 Å². The van der Waals surface area contributed by atoms with E-state index in [-0.39, 0.29) is 87.0 Å². The lowest BCUT2D eigenvalue weighted by atomic mass is 10.2. The molecule has 3 rings (SSSR count). The number of carbonyl (C=O) groups is 6. The van der Waals surface area contributed by atoms with Crippen molar-refractivity contribution in [3.63, 3.8) is 0 Å². The number of ether oxygens (including phenoxy) is 10. The summed E-state index contributed by atoms with van der Waals surface area (Å²) in [5, 5.41) is 0. The molecule has 0 aliphatic heterocycles. The standard InChI is InChI=1S/C45H48O16/c1-6-40(46)56-24-10-20-52-36-17-14-32(29-38(36)54-22-12-26-58-42(48)8-3)44(50)60-34-16-19-35(31(5)28-34)61-45(51)33-15-18-37(53-21-11-25-57-41(47)7-2)39(30-33)55-23-13-27-59-43(49)9-4/h6-9,14-19,28-30H,1-4,10-13,20-27H2,5H3. The molecule has 0 spiro atoms. The molecule has 16 heteroatoms. The summed E-state index contributed by atoms with van der Waals surface area (Å²) in [7, 11) is 0. The molecule has 324 valence electrons. The van der Waals surface area contributed by atoms with E-state index in [1.807, 2.05) is 0 Å². The van der Waals surface area contributed by atoms with Crippen molar-refractivity contribution in [2.75, 3.05) is 52.9 Å². The first kappa shape index (κ1) is 48.0. The average Bonchev–Trinajstić information content (AvgIpc) is 3.26. The van der Waals surface area contributed by atoms with E-state index < -0.39 is 35.8 Å². The van der Waals surface area contributed by atoms with Crippen LogP contribution in [0.4, 0.5) is 0 Å². The van der Waals surface area contributed by atoms with Gasteiger partial charge in [0.25, 0.3) is 0 Å². The van der Waals surface area contributed by atoms with Crippen LogP contribution in [0.5, 0.6) is 34.5 Å². The van der Waals surface area contributed by atoms with Crippen molar-refractivity contribution >= 4 is 35.8 Å². The van der Waals surface area contributed by atoms with Crippen LogP contribution in [-0.2, 0) is 38.1 Å². The number of carbonyl (C=O) groups excluding carboxylic acids is 6. The maximum absolute atomic E-state index is 13.3. The third-order valence-electron chi connectivity index (χ3n) is 7.75. The van der Waals surface area contributed by atoms with Gasteiger partial charge in [-0.1, -0.05) is 26.3 Å². The van der Waals surface area contributed by atoms with Crippen LogP contribution in [0.1, 0.15) is 52.0 Å². The Bertz CT molecular complexity index is 2030. The lowest BCUT2D eigenvalue weighted by Crippen LogP contribution is -2.12. The minimum absolute atomic E-state index is 0.0793. The molecular weight excluding hydrogens is 796 g/mol. The smallest absolute Gasteiger partial charge is 0.343 e. The van der Waals surface area contributed by atoms with Crippen molar-refractivity contribution < 1.29 is 76.1 Å². The summed E-state index contributed by atoms with van der Waals surface area (Å²) >= 11 is 0. The van der Waals surface area contributed by atoms with Crippen LogP contribution in [-0.4, -0.2) is 88.7 Å². The summed E-state index contributed by atoms with van der Waals surface area (Å²) in [4.78, 5) is 71.9. The molecule has 0 aliphatic rings. The number of aryl methyl sites for hydroxylation is 1. The quantitative estimate of drug-likeness (QED) is 0.0255. The zero-order chi connectivity index (χ0) is 44.4. The van der Waals surface area contributed by atoms with Gasteiger partial charge >= 0.3 is 35.8 Å². The maximum atomic E-state index is 13.3. The normalized spacial score (nSPS) is 10.2. The molecule has 3 aromatic rings. The van der Waals surface area contributed by atoms with E-state index in [9.17, 15) is 28.8 Å². The molecule has 3 aromatic carbocycles. The van der Waals surface area contributed by atoms with Gasteiger partial charge in [0.05, 0.1) is 64.0 Å². The third-order valence-corrected chi connectivity index (χ3v) is 7.75. The fourth-order valence-electron chi connectivity index (χ4n) is 4.75. The summed E-state index contributed by atoms with van der Waals surface area (Å²) in [5.41, 5.74) is 0.743. The number of benzene rings is 3. The Hall–Kier alpha value is -7.36. The van der Waals surface area contributed by atoms with Gasteiger partial charge in [-0.3, -0.25) is 0 Å². The van der Waals surface area contributed by atoms with Crippen molar-refractivity contribution in [1.29, 1.82) is 0 Å². The van der Waals surface area contributed by atoms with Gasteiger partial charge in [0.15, 0.2) is 23.0 Å². The molecule has 0 atom stereocenters. The molecule has 0 N–H and O–H groups in total. The summed E-state index contributed by atoms with van der Waals surface area (Å²) in [6.07, 6.45) is 5.65. The molecule has 0 aromatic heterocycles. The highest BCUT2D eigenvalue weighted by molar-refractivity contribution is 5.93. The van der Waals surface area contributed by atoms with Crippen molar-refractivity contribution in [2.24, 2.45) is 0 Å². The number of hydrogen-bond donors (Lipinski definition) is 0. The van der Waals surface area contributed by atoms with E-state index in [1.54, 1.807) is 6.92 Å². The van der Waals surface area contributed by atoms with Gasteiger partial charge < -0.3 is 47.4 Å². The lowest BCUT2D eigenvalue weighted by molar-refractivity contribution is -0.138. The van der Waals surface area contributed by atoms with E-state index in [0.29, 0.717) is 42.7 Å². The fraction of sp³-hybridized carbons (Fsp3) is 0.289. The predicted molar refractivity (Wildman–Crippen MR) is 219 cm³/mol. The monoisotopic (exact) mass is 844 g/mol. The van der Waals surface area contributed by atoms with Gasteiger partial charge in [-0.15, -0.1) is 0 Å². The van der Waals surface area contributed by atoms with Crippen molar-refractivity contribution in [3.05, 3.63) is 122 Å². The average molecular weight is 845 g/mol. The number of hydrogen-bond acceptors (Lipinski definition) is 16. The van der Waals surface area contributed by atoms with E-state index in [1.165, 1.54) is 54.6 Å². The lowest BCUT2D eigenvalue weighted by Gasteiger charge is -2.15. The first-order valence-corrected chi connectivity index (χ1v) is 19.0.